The third kappa shape index (κ3) is 4.46. The van der Waals surface area contributed by atoms with Crippen molar-refractivity contribution in [3.05, 3.63) is 65.2 Å². The zero-order valence-corrected chi connectivity index (χ0v) is 17.8. The minimum atomic E-state index is -3.69. The van der Waals surface area contributed by atoms with Gasteiger partial charge in [0, 0.05) is 5.56 Å². The molecule has 8 nitrogen and oxygen atoms in total. The Morgan fingerprint density at radius 1 is 1.19 bits per heavy atom. The van der Waals surface area contributed by atoms with E-state index in [2.05, 4.69) is 21.1 Å². The van der Waals surface area contributed by atoms with E-state index in [0.29, 0.717) is 5.56 Å². The van der Waals surface area contributed by atoms with Gasteiger partial charge in [0.15, 0.2) is 6.61 Å². The second-order valence-electron chi connectivity index (χ2n) is 7.57. The Morgan fingerprint density at radius 3 is 2.77 bits per heavy atom. The molecular weight excluding hydrogens is 418 g/mol. The maximum atomic E-state index is 12.3. The van der Waals surface area contributed by atoms with Crippen LogP contribution in [0.2, 0.25) is 0 Å². The summed E-state index contributed by atoms with van der Waals surface area (Å²) >= 11 is 0. The molecule has 2 atom stereocenters. The quantitative estimate of drug-likeness (QED) is 0.688. The normalized spacial score (nSPS) is 20.8. The maximum Gasteiger partial charge on any atom is 0.331 e. The number of aliphatic imine (C=N–C) groups is 1. The molecule has 2 aliphatic rings. The van der Waals surface area contributed by atoms with E-state index in [-0.39, 0.29) is 22.7 Å². The van der Waals surface area contributed by atoms with Crippen LogP contribution in [0.1, 0.15) is 42.5 Å². The summed E-state index contributed by atoms with van der Waals surface area (Å²) in [6, 6.07) is 13.3. The molecule has 2 aromatic carbocycles. The molecule has 1 amide bonds. The van der Waals surface area contributed by atoms with Crippen molar-refractivity contribution in [3.63, 3.8) is 0 Å². The third-order valence-electron chi connectivity index (χ3n) is 5.38. The Kier molecular flexibility index (Phi) is 5.77. The minimum Gasteiger partial charge on any atom is -0.454 e. The summed E-state index contributed by atoms with van der Waals surface area (Å²) in [5, 5.41) is 2.92. The van der Waals surface area contributed by atoms with Crippen molar-refractivity contribution in [2.24, 2.45) is 4.99 Å². The zero-order chi connectivity index (χ0) is 22.0. The second-order valence-corrected chi connectivity index (χ2v) is 9.23. The largest absolute Gasteiger partial charge is 0.454 e. The first kappa shape index (κ1) is 21.0. The first-order valence-electron chi connectivity index (χ1n) is 10.1. The lowest BCUT2D eigenvalue weighted by atomic mass is 9.88. The maximum absolute atomic E-state index is 12.3. The van der Waals surface area contributed by atoms with Gasteiger partial charge >= 0.3 is 5.97 Å². The first-order chi connectivity index (χ1) is 14.8. The van der Waals surface area contributed by atoms with Crippen LogP contribution in [-0.4, -0.2) is 38.8 Å². The molecule has 0 bridgehead atoms. The monoisotopic (exact) mass is 441 g/mol. The topological polar surface area (TPSA) is 114 Å². The zero-order valence-electron chi connectivity index (χ0n) is 17.0. The Balaban J connectivity index is 1.35. The number of amides is 1. The van der Waals surface area contributed by atoms with E-state index in [1.807, 2.05) is 18.2 Å². The van der Waals surface area contributed by atoms with E-state index in [1.54, 1.807) is 18.2 Å². The molecule has 162 valence electrons. The molecule has 0 saturated heterocycles. The van der Waals surface area contributed by atoms with Gasteiger partial charge in [-0.25, -0.2) is 13.2 Å². The number of nitrogens with one attached hydrogen (secondary N) is 2. The number of carbonyl (C=O) groups is 2. The van der Waals surface area contributed by atoms with E-state index >= 15 is 0 Å². The Labute approximate surface area is 180 Å². The summed E-state index contributed by atoms with van der Waals surface area (Å²) in [5.41, 5.74) is 2.72. The SMILES string of the molecule is C[C@@H](N=C1NS(=O)(=O)c2ccccc21)C(=O)OCC(=O)N[C@@H]1CCCc2ccccc21. The summed E-state index contributed by atoms with van der Waals surface area (Å²) in [6.07, 6.45) is 2.80. The van der Waals surface area contributed by atoms with Gasteiger partial charge in [-0.05, 0) is 49.4 Å². The number of amidine groups is 1. The highest BCUT2D eigenvalue weighted by Crippen LogP contribution is 2.29. The van der Waals surface area contributed by atoms with Gasteiger partial charge in [0.1, 0.15) is 11.9 Å². The van der Waals surface area contributed by atoms with Gasteiger partial charge in [-0.1, -0.05) is 36.4 Å². The van der Waals surface area contributed by atoms with Crippen LogP contribution in [-0.2, 0) is 30.8 Å². The number of nitrogens with zero attached hydrogens (tertiary/aromatic N) is 1. The fourth-order valence-corrected chi connectivity index (χ4v) is 5.11. The average Bonchev–Trinajstić information content (AvgIpc) is 3.02. The highest BCUT2D eigenvalue weighted by molar-refractivity contribution is 7.90. The van der Waals surface area contributed by atoms with Crippen molar-refractivity contribution >= 4 is 27.7 Å². The van der Waals surface area contributed by atoms with Crippen molar-refractivity contribution in [2.45, 2.75) is 43.2 Å². The number of carbonyl (C=O) groups excluding carboxylic acids is 2. The lowest BCUT2D eigenvalue weighted by molar-refractivity contribution is -0.149. The van der Waals surface area contributed by atoms with Gasteiger partial charge in [-0.2, -0.15) is 0 Å². The van der Waals surface area contributed by atoms with E-state index in [1.165, 1.54) is 18.6 Å². The van der Waals surface area contributed by atoms with Gasteiger partial charge in [0.05, 0.1) is 10.9 Å². The summed E-state index contributed by atoms with van der Waals surface area (Å²) in [5.74, 6) is -1.01. The number of esters is 1. The van der Waals surface area contributed by atoms with Crippen LogP contribution < -0.4 is 10.0 Å². The number of rotatable bonds is 5. The van der Waals surface area contributed by atoms with Crippen LogP contribution in [0.4, 0.5) is 0 Å². The van der Waals surface area contributed by atoms with Crippen LogP contribution >= 0.6 is 0 Å². The molecule has 0 saturated carbocycles. The number of aryl methyl sites for hydroxylation is 1. The van der Waals surface area contributed by atoms with Crippen molar-refractivity contribution in [1.29, 1.82) is 0 Å². The molecule has 0 fully saturated rings. The molecule has 2 aromatic rings. The van der Waals surface area contributed by atoms with Crippen molar-refractivity contribution in [1.82, 2.24) is 10.0 Å². The highest BCUT2D eigenvalue weighted by atomic mass is 32.2. The fourth-order valence-electron chi connectivity index (χ4n) is 3.87. The molecule has 9 heteroatoms. The molecule has 0 radical (unpaired) electrons. The number of hydrogen-bond donors (Lipinski definition) is 2. The number of benzene rings is 2. The molecule has 31 heavy (non-hydrogen) atoms. The van der Waals surface area contributed by atoms with Crippen molar-refractivity contribution in [3.8, 4) is 0 Å². The molecule has 1 aliphatic carbocycles. The predicted molar refractivity (Wildman–Crippen MR) is 114 cm³/mol. The number of ether oxygens (including phenoxy) is 1. The van der Waals surface area contributed by atoms with Gasteiger partial charge in [0.2, 0.25) is 0 Å². The van der Waals surface area contributed by atoms with E-state index in [9.17, 15) is 18.0 Å². The lowest BCUT2D eigenvalue weighted by Gasteiger charge is -2.26. The van der Waals surface area contributed by atoms with E-state index in [0.717, 1.165) is 24.8 Å². The van der Waals surface area contributed by atoms with Gasteiger partial charge < -0.3 is 10.1 Å². The number of fused-ring (bicyclic) bond motifs is 2. The Morgan fingerprint density at radius 2 is 1.94 bits per heavy atom. The third-order valence-corrected chi connectivity index (χ3v) is 6.77. The second kappa shape index (κ2) is 8.50. The van der Waals surface area contributed by atoms with Gasteiger partial charge in [0.25, 0.3) is 15.9 Å². The molecular formula is C22H23N3O5S. The minimum absolute atomic E-state index is 0.0864. The summed E-state index contributed by atoms with van der Waals surface area (Å²) in [6.45, 7) is 1.06. The molecule has 4 rings (SSSR count). The molecule has 0 unspecified atom stereocenters. The van der Waals surface area contributed by atoms with Gasteiger partial charge in [-0.15, -0.1) is 0 Å². The highest BCUT2D eigenvalue weighted by Gasteiger charge is 2.31. The average molecular weight is 442 g/mol. The predicted octanol–water partition coefficient (Wildman–Crippen LogP) is 1.85. The summed E-state index contributed by atoms with van der Waals surface area (Å²) in [7, 11) is -3.69. The molecule has 2 N–H and O–H groups in total. The molecule has 1 heterocycles. The van der Waals surface area contributed by atoms with E-state index < -0.39 is 28.6 Å². The van der Waals surface area contributed by atoms with Crippen LogP contribution in [0, 0.1) is 0 Å². The Bertz CT molecular complexity index is 1160. The molecule has 0 aromatic heterocycles. The molecule has 1 aliphatic heterocycles. The van der Waals surface area contributed by atoms with Crippen molar-refractivity contribution < 1.29 is 22.7 Å². The van der Waals surface area contributed by atoms with Crippen LogP contribution in [0.5, 0.6) is 0 Å². The first-order valence-corrected chi connectivity index (χ1v) is 11.6. The van der Waals surface area contributed by atoms with Gasteiger partial charge in [-0.3, -0.25) is 14.5 Å². The number of hydrogen-bond acceptors (Lipinski definition) is 6. The van der Waals surface area contributed by atoms with Crippen LogP contribution in [0.25, 0.3) is 0 Å². The standard InChI is InChI=1S/C22H23N3O5S/c1-14(23-21-17-10-4-5-12-19(17)31(28,29)25-21)22(27)30-13-20(26)24-18-11-6-8-15-7-2-3-9-16(15)18/h2-5,7,9-10,12,14,18H,6,8,11,13H2,1H3,(H,23,25)(H,24,26)/t14-,18-/m1/s1. The fraction of sp³-hybridized carbons (Fsp3) is 0.318. The Hall–Kier alpha value is -3.20. The summed E-state index contributed by atoms with van der Waals surface area (Å²) < 4.78 is 31.7. The smallest absolute Gasteiger partial charge is 0.331 e. The molecule has 0 spiro atoms. The summed E-state index contributed by atoms with van der Waals surface area (Å²) in [4.78, 5) is 28.9. The van der Waals surface area contributed by atoms with Crippen molar-refractivity contribution in [2.75, 3.05) is 6.61 Å². The lowest BCUT2D eigenvalue weighted by Crippen LogP contribution is -2.35. The van der Waals surface area contributed by atoms with Crippen LogP contribution in [0.15, 0.2) is 58.4 Å². The number of sulfonamides is 1. The van der Waals surface area contributed by atoms with E-state index in [4.69, 9.17) is 4.74 Å². The van der Waals surface area contributed by atoms with Crippen LogP contribution in [0.3, 0.4) is 0 Å².